The van der Waals surface area contributed by atoms with Gasteiger partial charge in [-0.05, 0) is 12.8 Å². The van der Waals surface area contributed by atoms with Crippen molar-refractivity contribution >= 4 is 29.0 Å². The van der Waals surface area contributed by atoms with Gasteiger partial charge in [0.25, 0.3) is 0 Å². The lowest BCUT2D eigenvalue weighted by atomic mass is 9.85. The fraction of sp³-hybridized carbons (Fsp3) is 0.500. The number of halogens is 6. The van der Waals surface area contributed by atoms with Crippen LogP contribution in [0.5, 0.6) is 0 Å². The molecule has 6 nitrogen and oxygen atoms in total. The van der Waals surface area contributed by atoms with E-state index in [0.29, 0.717) is 0 Å². The standard InChI is InChI=1S/C18H17ClF5N5O/c1-2-16(18(22,23)24)9-28(15(30)26-10-3-5-17(20,21)6-4-10)11-8-25-13-7-12(19)27-29(13)14(11)16/h2,7-8,10H,1,3-6,9H2,(H,26,30)/t16-/m1/s1. The van der Waals surface area contributed by atoms with E-state index in [0.717, 1.165) is 21.7 Å². The number of anilines is 1. The van der Waals surface area contributed by atoms with Crippen molar-refractivity contribution in [3.05, 3.63) is 35.8 Å². The number of fused-ring (bicyclic) bond motifs is 3. The SMILES string of the molecule is C=C[C@@]1(C(F)(F)F)CN(C(=O)NC2CCC(F)(F)CC2)c2cnc3cc(Cl)nn3c21. The van der Waals surface area contributed by atoms with E-state index in [1.165, 1.54) is 6.07 Å². The molecule has 1 aliphatic carbocycles. The predicted molar refractivity (Wildman–Crippen MR) is 99.0 cm³/mol. The molecule has 162 valence electrons. The van der Waals surface area contributed by atoms with Crippen LogP contribution in [0.15, 0.2) is 24.9 Å². The smallest absolute Gasteiger partial charge is 0.335 e. The Morgan fingerprint density at radius 2 is 2.00 bits per heavy atom. The molecule has 1 fully saturated rings. The molecule has 0 saturated heterocycles. The molecule has 1 N–H and O–H groups in total. The lowest BCUT2D eigenvalue weighted by Crippen LogP contribution is -2.51. The van der Waals surface area contributed by atoms with Crippen LogP contribution < -0.4 is 10.2 Å². The van der Waals surface area contributed by atoms with Gasteiger partial charge in [-0.1, -0.05) is 17.7 Å². The van der Waals surface area contributed by atoms with Crippen molar-refractivity contribution in [1.82, 2.24) is 19.9 Å². The third kappa shape index (κ3) is 3.19. The number of hydrogen-bond donors (Lipinski definition) is 1. The Hall–Kier alpha value is -2.43. The molecule has 12 heteroatoms. The van der Waals surface area contributed by atoms with E-state index in [-0.39, 0.29) is 47.9 Å². The molecule has 2 aromatic rings. The Morgan fingerprint density at radius 3 is 2.60 bits per heavy atom. The number of urea groups is 1. The van der Waals surface area contributed by atoms with Crippen LogP contribution in [0.4, 0.5) is 32.4 Å². The zero-order valence-corrected chi connectivity index (χ0v) is 16.3. The molecule has 1 saturated carbocycles. The van der Waals surface area contributed by atoms with Crippen molar-refractivity contribution in [1.29, 1.82) is 0 Å². The van der Waals surface area contributed by atoms with Gasteiger partial charge in [-0.15, -0.1) is 6.58 Å². The molecule has 0 radical (unpaired) electrons. The Morgan fingerprint density at radius 1 is 1.33 bits per heavy atom. The second kappa shape index (κ2) is 6.79. The largest absolute Gasteiger partial charge is 0.405 e. The van der Waals surface area contributed by atoms with Gasteiger partial charge in [0.2, 0.25) is 5.92 Å². The van der Waals surface area contributed by atoms with Crippen LogP contribution >= 0.6 is 11.6 Å². The van der Waals surface area contributed by atoms with E-state index < -0.39 is 36.1 Å². The zero-order valence-electron chi connectivity index (χ0n) is 15.5. The van der Waals surface area contributed by atoms with Crippen molar-refractivity contribution in [2.75, 3.05) is 11.4 Å². The van der Waals surface area contributed by atoms with E-state index >= 15 is 0 Å². The van der Waals surface area contributed by atoms with Crippen molar-refractivity contribution < 1.29 is 26.7 Å². The molecule has 2 amide bonds. The van der Waals surface area contributed by atoms with Crippen LogP contribution in [0.3, 0.4) is 0 Å². The Balaban J connectivity index is 1.73. The summed E-state index contributed by atoms with van der Waals surface area (Å²) in [5.41, 5.74) is -2.94. The van der Waals surface area contributed by atoms with Crippen molar-refractivity contribution in [2.45, 2.75) is 49.2 Å². The van der Waals surface area contributed by atoms with Crippen molar-refractivity contribution in [3.8, 4) is 0 Å². The first kappa shape index (κ1) is 20.8. The van der Waals surface area contributed by atoms with Gasteiger partial charge in [-0.25, -0.2) is 23.1 Å². The molecule has 2 aromatic heterocycles. The highest BCUT2D eigenvalue weighted by atomic mass is 35.5. The fourth-order valence-electron chi connectivity index (χ4n) is 4.04. The highest BCUT2D eigenvalue weighted by molar-refractivity contribution is 6.29. The lowest BCUT2D eigenvalue weighted by Gasteiger charge is -2.31. The number of alkyl halides is 5. The molecule has 1 atom stereocenters. The molecule has 0 spiro atoms. The number of nitrogens with one attached hydrogen (secondary N) is 1. The van der Waals surface area contributed by atoms with E-state index in [2.05, 4.69) is 22.0 Å². The highest BCUT2D eigenvalue weighted by Gasteiger charge is 2.62. The van der Waals surface area contributed by atoms with Gasteiger partial charge in [0, 0.05) is 24.9 Å². The quantitative estimate of drug-likeness (QED) is 0.543. The number of hydrogen-bond acceptors (Lipinski definition) is 3. The van der Waals surface area contributed by atoms with Gasteiger partial charge in [0.1, 0.15) is 5.41 Å². The minimum atomic E-state index is -4.79. The maximum absolute atomic E-state index is 14.2. The summed E-state index contributed by atoms with van der Waals surface area (Å²) in [7, 11) is 0. The number of aromatic nitrogens is 3. The molecule has 1 aliphatic heterocycles. The summed E-state index contributed by atoms with van der Waals surface area (Å²) >= 11 is 5.85. The third-order valence-corrected chi connectivity index (χ3v) is 5.88. The lowest BCUT2D eigenvalue weighted by molar-refractivity contribution is -0.172. The maximum Gasteiger partial charge on any atom is 0.405 e. The molecule has 0 unspecified atom stereocenters. The number of carbonyl (C=O) groups is 1. The van der Waals surface area contributed by atoms with Crippen molar-refractivity contribution in [2.24, 2.45) is 0 Å². The predicted octanol–water partition coefficient (Wildman–Crippen LogP) is 4.48. The molecule has 4 rings (SSSR count). The summed E-state index contributed by atoms with van der Waals surface area (Å²) in [5, 5.41) is 6.42. The number of carbonyl (C=O) groups excluding carboxylic acids is 1. The van der Waals surface area contributed by atoms with Crippen LogP contribution in [0.1, 0.15) is 31.4 Å². The van der Waals surface area contributed by atoms with E-state index in [1.807, 2.05) is 0 Å². The summed E-state index contributed by atoms with van der Waals surface area (Å²) in [4.78, 5) is 17.8. The van der Waals surface area contributed by atoms with E-state index in [4.69, 9.17) is 11.6 Å². The van der Waals surface area contributed by atoms with Gasteiger partial charge >= 0.3 is 12.2 Å². The summed E-state index contributed by atoms with van der Waals surface area (Å²) in [6.45, 7) is 2.59. The molecular weight excluding hydrogens is 433 g/mol. The van der Waals surface area contributed by atoms with Gasteiger partial charge in [0.05, 0.1) is 24.1 Å². The first-order valence-corrected chi connectivity index (χ1v) is 9.56. The summed E-state index contributed by atoms with van der Waals surface area (Å²) < 4.78 is 70.3. The molecule has 2 aliphatic rings. The summed E-state index contributed by atoms with van der Waals surface area (Å²) in [6, 6.07) is -0.0725. The Bertz CT molecular complexity index is 1010. The fourth-order valence-corrected chi connectivity index (χ4v) is 4.21. The monoisotopic (exact) mass is 449 g/mol. The maximum atomic E-state index is 14.2. The average molecular weight is 450 g/mol. The van der Waals surface area contributed by atoms with Gasteiger partial charge in [0.15, 0.2) is 10.8 Å². The van der Waals surface area contributed by atoms with Crippen LogP contribution in [0, 0.1) is 0 Å². The number of nitrogens with zero attached hydrogens (tertiary/aromatic N) is 4. The molecule has 0 aromatic carbocycles. The van der Waals surface area contributed by atoms with Crippen LogP contribution in [0.2, 0.25) is 5.15 Å². The second-order valence-electron chi connectivity index (χ2n) is 7.57. The molecular formula is C18H17ClF5N5O. The molecule has 3 heterocycles. The minimum absolute atomic E-state index is 0.0390. The van der Waals surface area contributed by atoms with Crippen LogP contribution in [-0.2, 0) is 5.41 Å². The second-order valence-corrected chi connectivity index (χ2v) is 7.96. The van der Waals surface area contributed by atoms with Crippen LogP contribution in [0.25, 0.3) is 5.65 Å². The zero-order chi connectivity index (χ0) is 21.9. The van der Waals surface area contributed by atoms with E-state index in [1.54, 1.807) is 0 Å². The summed E-state index contributed by atoms with van der Waals surface area (Å²) in [5.74, 6) is -2.79. The minimum Gasteiger partial charge on any atom is -0.335 e. The summed E-state index contributed by atoms with van der Waals surface area (Å²) in [6.07, 6.45) is -3.61. The number of rotatable bonds is 2. The van der Waals surface area contributed by atoms with Gasteiger partial charge in [-0.2, -0.15) is 18.3 Å². The first-order chi connectivity index (χ1) is 14.0. The Labute approximate surface area is 172 Å². The topological polar surface area (TPSA) is 62.5 Å². The van der Waals surface area contributed by atoms with Crippen molar-refractivity contribution in [3.63, 3.8) is 0 Å². The highest BCUT2D eigenvalue weighted by Crippen LogP contribution is 2.51. The average Bonchev–Trinajstić information content (AvgIpc) is 3.20. The Kier molecular flexibility index (Phi) is 4.72. The molecule has 0 bridgehead atoms. The molecule has 30 heavy (non-hydrogen) atoms. The number of amides is 2. The first-order valence-electron chi connectivity index (χ1n) is 9.18. The van der Waals surface area contributed by atoms with E-state index in [9.17, 15) is 26.7 Å². The third-order valence-electron chi connectivity index (χ3n) is 5.70. The normalized spacial score (nSPS) is 24.1. The van der Waals surface area contributed by atoms with Gasteiger partial charge in [-0.3, -0.25) is 4.90 Å². The van der Waals surface area contributed by atoms with Gasteiger partial charge < -0.3 is 5.32 Å². The van der Waals surface area contributed by atoms with Crippen LogP contribution in [-0.4, -0.2) is 45.3 Å².